The Morgan fingerprint density at radius 2 is 1.60 bits per heavy atom. The van der Waals surface area contributed by atoms with Gasteiger partial charge in [0.1, 0.15) is 0 Å². The normalized spacial score (nSPS) is 11.3. The fraction of sp³-hybridized carbons (Fsp3) is 0.353. The highest BCUT2D eigenvalue weighted by molar-refractivity contribution is 5.77. The molecular formula is C17H24N2O. The van der Waals surface area contributed by atoms with Crippen molar-refractivity contribution in [3.63, 3.8) is 0 Å². The first-order chi connectivity index (χ1) is 9.65. The molecule has 3 nitrogen and oxygen atoms in total. The van der Waals surface area contributed by atoms with E-state index in [2.05, 4.69) is 19.1 Å². The number of amides is 1. The zero-order valence-corrected chi connectivity index (χ0v) is 12.3. The van der Waals surface area contributed by atoms with Crippen LogP contribution in [0.15, 0.2) is 54.6 Å². The quantitative estimate of drug-likeness (QED) is 0.895. The van der Waals surface area contributed by atoms with E-state index in [1.54, 1.807) is 4.90 Å². The number of carbonyl (C=O) groups is 1. The largest absolute Gasteiger partial charge is 0.342 e. The molecule has 0 saturated carbocycles. The van der Waals surface area contributed by atoms with E-state index < -0.39 is 0 Å². The van der Waals surface area contributed by atoms with Crippen LogP contribution in [0.2, 0.25) is 0 Å². The van der Waals surface area contributed by atoms with E-state index in [1.807, 2.05) is 49.5 Å². The molecule has 1 amide bonds. The van der Waals surface area contributed by atoms with Gasteiger partial charge in [0.15, 0.2) is 0 Å². The van der Waals surface area contributed by atoms with E-state index in [1.165, 1.54) is 5.56 Å². The molecule has 108 valence electrons. The first-order valence-electron chi connectivity index (χ1n) is 6.98. The van der Waals surface area contributed by atoms with Crippen LogP contribution in [0.4, 0.5) is 0 Å². The number of carbonyl (C=O) groups excluding carboxylic acids is 1. The van der Waals surface area contributed by atoms with E-state index in [9.17, 15) is 4.79 Å². The molecule has 1 rings (SSSR count). The van der Waals surface area contributed by atoms with Crippen molar-refractivity contribution in [1.82, 2.24) is 4.90 Å². The van der Waals surface area contributed by atoms with Gasteiger partial charge in [-0.3, -0.25) is 4.79 Å². The molecule has 0 aliphatic rings. The lowest BCUT2D eigenvalue weighted by Crippen LogP contribution is -2.39. The van der Waals surface area contributed by atoms with Crippen LogP contribution in [0.1, 0.15) is 18.9 Å². The summed E-state index contributed by atoms with van der Waals surface area (Å²) in [5, 5.41) is 0. The smallest absolute Gasteiger partial charge is 0.236 e. The van der Waals surface area contributed by atoms with Crippen LogP contribution in [-0.4, -0.2) is 30.4 Å². The number of nitrogens with two attached hydrogens (primary N) is 1. The van der Waals surface area contributed by atoms with Gasteiger partial charge in [-0.05, 0) is 25.3 Å². The van der Waals surface area contributed by atoms with Crippen molar-refractivity contribution in [2.75, 3.05) is 13.6 Å². The lowest BCUT2D eigenvalue weighted by atomic mass is 10.1. The molecule has 0 radical (unpaired) electrons. The van der Waals surface area contributed by atoms with Crippen LogP contribution in [0.5, 0.6) is 0 Å². The molecule has 1 unspecified atom stereocenters. The van der Waals surface area contributed by atoms with Crippen LogP contribution in [0, 0.1) is 0 Å². The Bertz CT molecular complexity index is 447. The zero-order chi connectivity index (χ0) is 14.8. The molecule has 0 fully saturated rings. The van der Waals surface area contributed by atoms with Gasteiger partial charge in [-0.2, -0.15) is 0 Å². The van der Waals surface area contributed by atoms with E-state index in [4.69, 9.17) is 5.73 Å². The molecule has 1 aromatic carbocycles. The second-order valence-corrected chi connectivity index (χ2v) is 4.85. The van der Waals surface area contributed by atoms with Crippen molar-refractivity contribution in [3.05, 3.63) is 60.2 Å². The summed E-state index contributed by atoms with van der Waals surface area (Å²) >= 11 is 0. The Kier molecular flexibility index (Phi) is 7.36. The van der Waals surface area contributed by atoms with Gasteiger partial charge in [0.05, 0.1) is 6.54 Å². The Labute approximate surface area is 121 Å². The highest BCUT2D eigenvalue weighted by atomic mass is 16.2. The minimum atomic E-state index is -0.0130. The summed E-state index contributed by atoms with van der Waals surface area (Å²) in [7, 11) is 1.81. The fourth-order valence-electron chi connectivity index (χ4n) is 1.86. The topological polar surface area (TPSA) is 46.3 Å². The molecule has 3 heteroatoms. The number of likely N-dealkylation sites (N-methyl/N-ethyl adjacent to an activating group) is 1. The summed E-state index contributed by atoms with van der Waals surface area (Å²) in [5.41, 5.74) is 6.63. The maximum atomic E-state index is 11.5. The summed E-state index contributed by atoms with van der Waals surface area (Å²) in [6, 6.07) is 18.5. The average molecular weight is 272 g/mol. The Morgan fingerprint density at radius 3 is 2.10 bits per heavy atom. The second-order valence-electron chi connectivity index (χ2n) is 4.85. The molecular weight excluding hydrogens is 248 g/mol. The molecule has 0 bridgehead atoms. The predicted molar refractivity (Wildman–Crippen MR) is 83.7 cm³/mol. The molecule has 0 aliphatic heterocycles. The summed E-state index contributed by atoms with van der Waals surface area (Å²) in [6.07, 6.45) is 1.85. The maximum absolute atomic E-state index is 11.5. The van der Waals surface area contributed by atoms with Crippen LogP contribution < -0.4 is 5.73 Å². The molecule has 0 aromatic heterocycles. The highest BCUT2D eigenvalue weighted by Crippen LogP contribution is 2.07. The van der Waals surface area contributed by atoms with Crippen molar-refractivity contribution in [2.45, 2.75) is 25.8 Å². The Balaban J connectivity index is 2.67. The third kappa shape index (κ3) is 5.85. The summed E-state index contributed by atoms with van der Waals surface area (Å²) in [4.78, 5) is 13.3. The van der Waals surface area contributed by atoms with Crippen LogP contribution in [0.25, 0.3) is 0 Å². The second kappa shape index (κ2) is 9.10. The van der Waals surface area contributed by atoms with E-state index in [0.29, 0.717) is 0 Å². The van der Waals surface area contributed by atoms with E-state index >= 15 is 0 Å². The SMILES string of the molecule is CC(CCc1ccccccccc1)N(C)C(=O)CN. The van der Waals surface area contributed by atoms with Gasteiger partial charge in [0.2, 0.25) is 5.91 Å². The third-order valence-corrected chi connectivity index (χ3v) is 3.37. The van der Waals surface area contributed by atoms with Crippen LogP contribution in [0.3, 0.4) is 0 Å². The molecule has 0 spiro atoms. The van der Waals surface area contributed by atoms with Gasteiger partial charge < -0.3 is 10.6 Å². The van der Waals surface area contributed by atoms with Crippen molar-refractivity contribution in [2.24, 2.45) is 5.73 Å². The number of nitrogens with zero attached hydrogens (tertiary/aromatic N) is 1. The number of aryl methyl sites for hydroxylation is 1. The molecule has 0 heterocycles. The first kappa shape index (κ1) is 16.2. The van der Waals surface area contributed by atoms with Gasteiger partial charge in [-0.1, -0.05) is 54.6 Å². The van der Waals surface area contributed by atoms with Crippen molar-refractivity contribution < 1.29 is 4.79 Å². The monoisotopic (exact) mass is 272 g/mol. The van der Waals surface area contributed by atoms with Crippen molar-refractivity contribution >= 4 is 5.91 Å². The molecule has 2 N–H and O–H groups in total. The number of rotatable bonds is 5. The lowest BCUT2D eigenvalue weighted by Gasteiger charge is -2.24. The zero-order valence-electron chi connectivity index (χ0n) is 12.3. The van der Waals surface area contributed by atoms with Gasteiger partial charge >= 0.3 is 0 Å². The minimum absolute atomic E-state index is 0.0130. The molecule has 1 aromatic rings. The summed E-state index contributed by atoms with van der Waals surface area (Å²) in [6.45, 7) is 2.12. The Morgan fingerprint density at radius 1 is 1.10 bits per heavy atom. The van der Waals surface area contributed by atoms with Crippen molar-refractivity contribution in [1.29, 1.82) is 0 Å². The van der Waals surface area contributed by atoms with Gasteiger partial charge in [-0.25, -0.2) is 0 Å². The number of hydrogen-bond donors (Lipinski definition) is 1. The lowest BCUT2D eigenvalue weighted by molar-refractivity contribution is -0.130. The molecule has 0 saturated heterocycles. The maximum Gasteiger partial charge on any atom is 0.236 e. The van der Waals surface area contributed by atoms with E-state index in [0.717, 1.165) is 12.8 Å². The first-order valence-corrected chi connectivity index (χ1v) is 6.98. The highest BCUT2D eigenvalue weighted by Gasteiger charge is 2.13. The van der Waals surface area contributed by atoms with E-state index in [-0.39, 0.29) is 18.5 Å². The molecule has 1 atom stereocenters. The Hall–Kier alpha value is -1.87. The standard InChI is InChI=1S/C17H24N2O/c1-15(19(2)17(20)14-18)12-13-16-10-8-6-4-3-5-7-9-11-16/h3-11,15H,12-14,18H2,1-2H3. The van der Waals surface area contributed by atoms with Crippen LogP contribution in [-0.2, 0) is 11.2 Å². The third-order valence-electron chi connectivity index (χ3n) is 3.37. The van der Waals surface area contributed by atoms with Crippen LogP contribution >= 0.6 is 0 Å². The number of hydrogen-bond acceptors (Lipinski definition) is 2. The van der Waals surface area contributed by atoms with Crippen molar-refractivity contribution in [3.8, 4) is 0 Å². The van der Waals surface area contributed by atoms with Gasteiger partial charge in [0.25, 0.3) is 0 Å². The van der Waals surface area contributed by atoms with Gasteiger partial charge in [0, 0.05) is 13.1 Å². The molecule has 0 aliphatic carbocycles. The van der Waals surface area contributed by atoms with Gasteiger partial charge in [-0.15, -0.1) is 0 Å². The summed E-state index contributed by atoms with van der Waals surface area (Å²) in [5.74, 6) is -0.0130. The summed E-state index contributed by atoms with van der Waals surface area (Å²) < 4.78 is 0. The minimum Gasteiger partial charge on any atom is -0.342 e. The average Bonchev–Trinajstić information content (AvgIpc) is 2.48. The fourth-order valence-corrected chi connectivity index (χ4v) is 1.86. The predicted octanol–water partition coefficient (Wildman–Crippen LogP) is 2.55. The molecule has 20 heavy (non-hydrogen) atoms.